The first kappa shape index (κ1) is 12.6. The van der Waals surface area contributed by atoms with Gasteiger partial charge in [0.1, 0.15) is 5.56 Å². The van der Waals surface area contributed by atoms with Crippen molar-refractivity contribution in [1.82, 2.24) is 15.5 Å². The molecule has 0 saturated carbocycles. The highest BCUT2D eigenvalue weighted by Gasteiger charge is 2.20. The SMILES string of the molecule is CCC(NC(=O)c1c(N)n[nH]c1C)c1cccs1. The summed E-state index contributed by atoms with van der Waals surface area (Å²) in [6.45, 7) is 3.82. The average molecular weight is 264 g/mol. The number of nitrogen functional groups attached to an aromatic ring is 1. The van der Waals surface area contributed by atoms with Crippen molar-refractivity contribution in [1.29, 1.82) is 0 Å². The van der Waals surface area contributed by atoms with E-state index in [4.69, 9.17) is 5.73 Å². The van der Waals surface area contributed by atoms with Gasteiger partial charge in [-0.1, -0.05) is 13.0 Å². The molecule has 0 radical (unpaired) electrons. The van der Waals surface area contributed by atoms with Crippen LogP contribution in [0.1, 0.15) is 40.3 Å². The molecule has 0 saturated heterocycles. The molecule has 5 nitrogen and oxygen atoms in total. The van der Waals surface area contributed by atoms with Crippen molar-refractivity contribution in [3.8, 4) is 0 Å². The lowest BCUT2D eigenvalue weighted by atomic mass is 10.1. The zero-order chi connectivity index (χ0) is 13.1. The highest BCUT2D eigenvalue weighted by atomic mass is 32.1. The fourth-order valence-corrected chi connectivity index (χ4v) is 2.69. The maximum atomic E-state index is 12.2. The summed E-state index contributed by atoms with van der Waals surface area (Å²) < 4.78 is 0. The Kier molecular flexibility index (Phi) is 3.66. The van der Waals surface area contributed by atoms with Crippen LogP contribution in [0.15, 0.2) is 17.5 Å². The van der Waals surface area contributed by atoms with Crippen LogP contribution in [0.4, 0.5) is 5.82 Å². The lowest BCUT2D eigenvalue weighted by Crippen LogP contribution is -2.28. The molecular weight excluding hydrogens is 248 g/mol. The van der Waals surface area contributed by atoms with Gasteiger partial charge in [-0.25, -0.2) is 0 Å². The highest BCUT2D eigenvalue weighted by Crippen LogP contribution is 2.23. The van der Waals surface area contributed by atoms with E-state index < -0.39 is 0 Å². The normalized spacial score (nSPS) is 12.3. The standard InChI is InChI=1S/C12H16N4OS/c1-3-8(9-5-4-6-18-9)14-12(17)10-7(2)15-16-11(10)13/h4-6,8H,3H2,1-2H3,(H,14,17)(H3,13,15,16). The number of amides is 1. The molecule has 4 N–H and O–H groups in total. The van der Waals surface area contributed by atoms with Crippen LogP contribution in [-0.2, 0) is 0 Å². The summed E-state index contributed by atoms with van der Waals surface area (Å²) >= 11 is 1.63. The van der Waals surface area contributed by atoms with Crippen molar-refractivity contribution in [2.45, 2.75) is 26.3 Å². The number of hydrogen-bond acceptors (Lipinski definition) is 4. The fourth-order valence-electron chi connectivity index (χ4n) is 1.83. The Bertz CT molecular complexity index is 513. The zero-order valence-corrected chi connectivity index (χ0v) is 11.2. The smallest absolute Gasteiger partial charge is 0.257 e. The number of carbonyl (C=O) groups is 1. The van der Waals surface area contributed by atoms with Crippen LogP contribution in [0.25, 0.3) is 0 Å². The van der Waals surface area contributed by atoms with E-state index in [1.54, 1.807) is 18.3 Å². The Morgan fingerprint density at radius 1 is 1.67 bits per heavy atom. The van der Waals surface area contributed by atoms with Crippen molar-refractivity contribution < 1.29 is 4.79 Å². The molecule has 0 spiro atoms. The molecule has 1 atom stereocenters. The number of nitrogens with zero attached hydrogens (tertiary/aromatic N) is 1. The molecule has 6 heteroatoms. The quantitative estimate of drug-likeness (QED) is 0.792. The molecule has 0 aliphatic carbocycles. The number of nitrogens with two attached hydrogens (primary N) is 1. The Labute approximate surface area is 109 Å². The summed E-state index contributed by atoms with van der Waals surface area (Å²) in [4.78, 5) is 13.3. The Balaban J connectivity index is 2.16. The maximum Gasteiger partial charge on any atom is 0.257 e. The molecule has 0 bridgehead atoms. The number of hydrogen-bond donors (Lipinski definition) is 3. The number of anilines is 1. The minimum absolute atomic E-state index is 0.0196. The van der Waals surface area contributed by atoms with E-state index in [-0.39, 0.29) is 17.8 Å². The predicted octanol–water partition coefficient (Wildman–Crippen LogP) is 2.24. The monoisotopic (exact) mass is 264 g/mol. The van der Waals surface area contributed by atoms with Gasteiger partial charge in [0.25, 0.3) is 5.91 Å². The van der Waals surface area contributed by atoms with Crippen LogP contribution < -0.4 is 11.1 Å². The third-order valence-electron chi connectivity index (χ3n) is 2.80. The summed E-state index contributed by atoms with van der Waals surface area (Å²) in [7, 11) is 0. The highest BCUT2D eigenvalue weighted by molar-refractivity contribution is 7.10. The molecule has 1 unspecified atom stereocenters. The third-order valence-corrected chi connectivity index (χ3v) is 3.79. The van der Waals surface area contributed by atoms with Crippen molar-refractivity contribution in [2.24, 2.45) is 0 Å². The Morgan fingerprint density at radius 2 is 2.44 bits per heavy atom. The fraction of sp³-hybridized carbons (Fsp3) is 0.333. The van der Waals surface area contributed by atoms with E-state index in [1.165, 1.54) is 0 Å². The number of nitrogens with one attached hydrogen (secondary N) is 2. The van der Waals surface area contributed by atoms with Crippen LogP contribution in [0, 0.1) is 6.92 Å². The van der Waals surface area contributed by atoms with E-state index in [2.05, 4.69) is 15.5 Å². The minimum atomic E-state index is -0.181. The minimum Gasteiger partial charge on any atom is -0.382 e. The molecule has 2 rings (SSSR count). The molecule has 1 amide bonds. The van der Waals surface area contributed by atoms with Gasteiger partial charge in [-0.3, -0.25) is 9.89 Å². The maximum absolute atomic E-state index is 12.2. The van der Waals surface area contributed by atoms with E-state index in [1.807, 2.05) is 24.4 Å². The first-order valence-corrected chi connectivity index (χ1v) is 6.66. The van der Waals surface area contributed by atoms with Crippen molar-refractivity contribution in [2.75, 3.05) is 5.73 Å². The lowest BCUT2D eigenvalue weighted by Gasteiger charge is -2.15. The number of carbonyl (C=O) groups excluding carboxylic acids is 1. The predicted molar refractivity (Wildman–Crippen MR) is 72.6 cm³/mol. The molecule has 0 aliphatic rings. The van der Waals surface area contributed by atoms with Gasteiger partial charge in [0, 0.05) is 10.6 Å². The van der Waals surface area contributed by atoms with Gasteiger partial charge in [0.2, 0.25) is 0 Å². The summed E-state index contributed by atoms with van der Waals surface area (Å²) in [5.74, 6) is 0.0602. The van der Waals surface area contributed by atoms with Gasteiger partial charge in [-0.05, 0) is 24.8 Å². The number of aromatic nitrogens is 2. The number of rotatable bonds is 4. The molecule has 2 heterocycles. The van der Waals surface area contributed by atoms with Crippen LogP contribution >= 0.6 is 11.3 Å². The van der Waals surface area contributed by atoms with E-state index >= 15 is 0 Å². The van der Waals surface area contributed by atoms with E-state index in [0.717, 1.165) is 11.3 Å². The molecule has 0 aromatic carbocycles. The lowest BCUT2D eigenvalue weighted by molar-refractivity contribution is 0.0936. The average Bonchev–Trinajstić information content (AvgIpc) is 2.96. The van der Waals surface area contributed by atoms with Gasteiger partial charge >= 0.3 is 0 Å². The number of thiophene rings is 1. The zero-order valence-electron chi connectivity index (χ0n) is 10.4. The molecular formula is C12H16N4OS. The molecule has 2 aromatic rings. The Hall–Kier alpha value is -1.82. The number of aromatic amines is 1. The second-order valence-corrected chi connectivity index (χ2v) is 5.04. The van der Waals surface area contributed by atoms with Crippen LogP contribution in [0.2, 0.25) is 0 Å². The van der Waals surface area contributed by atoms with E-state index in [0.29, 0.717) is 11.3 Å². The largest absolute Gasteiger partial charge is 0.382 e. The first-order chi connectivity index (χ1) is 8.63. The molecule has 0 aliphatic heterocycles. The molecule has 2 aromatic heterocycles. The molecule has 0 fully saturated rings. The van der Waals surface area contributed by atoms with Crippen LogP contribution in [0.3, 0.4) is 0 Å². The van der Waals surface area contributed by atoms with Crippen LogP contribution in [-0.4, -0.2) is 16.1 Å². The first-order valence-electron chi connectivity index (χ1n) is 5.78. The summed E-state index contributed by atoms with van der Waals surface area (Å²) in [5, 5.41) is 11.5. The van der Waals surface area contributed by atoms with Gasteiger partial charge in [0.05, 0.1) is 6.04 Å². The third kappa shape index (κ3) is 2.38. The van der Waals surface area contributed by atoms with Gasteiger partial charge in [-0.15, -0.1) is 11.3 Å². The topological polar surface area (TPSA) is 83.8 Å². The van der Waals surface area contributed by atoms with Crippen molar-refractivity contribution in [3.63, 3.8) is 0 Å². The van der Waals surface area contributed by atoms with Gasteiger partial charge < -0.3 is 11.1 Å². The molecule has 96 valence electrons. The second-order valence-electron chi connectivity index (χ2n) is 4.06. The number of aryl methyl sites for hydroxylation is 1. The van der Waals surface area contributed by atoms with Crippen molar-refractivity contribution >= 4 is 23.1 Å². The van der Waals surface area contributed by atoms with Gasteiger partial charge in [-0.2, -0.15) is 5.10 Å². The van der Waals surface area contributed by atoms with E-state index in [9.17, 15) is 4.79 Å². The second kappa shape index (κ2) is 5.22. The number of H-pyrrole nitrogens is 1. The van der Waals surface area contributed by atoms with Gasteiger partial charge in [0.15, 0.2) is 5.82 Å². The summed E-state index contributed by atoms with van der Waals surface area (Å²) in [6.07, 6.45) is 0.836. The summed E-state index contributed by atoms with van der Waals surface area (Å²) in [5.41, 5.74) is 6.80. The Morgan fingerprint density at radius 3 is 2.94 bits per heavy atom. The van der Waals surface area contributed by atoms with Crippen molar-refractivity contribution in [3.05, 3.63) is 33.6 Å². The molecule has 18 heavy (non-hydrogen) atoms. The summed E-state index contributed by atoms with van der Waals surface area (Å²) in [6, 6.07) is 4.02. The van der Waals surface area contributed by atoms with Crippen LogP contribution in [0.5, 0.6) is 0 Å².